The van der Waals surface area contributed by atoms with Crippen LogP contribution >= 0.6 is 0 Å². The first-order valence-corrected chi connectivity index (χ1v) is 11.9. The van der Waals surface area contributed by atoms with E-state index in [9.17, 15) is 14.7 Å². The molecule has 6 nitrogen and oxygen atoms in total. The molecule has 2 aromatic rings. The molecule has 0 unspecified atom stereocenters. The predicted octanol–water partition coefficient (Wildman–Crippen LogP) is 4.89. The van der Waals surface area contributed by atoms with E-state index in [1.165, 1.54) is 5.56 Å². The molecule has 1 aliphatic rings. The van der Waals surface area contributed by atoms with Crippen LogP contribution in [0.15, 0.2) is 48.0 Å². The van der Waals surface area contributed by atoms with Crippen molar-refractivity contribution in [3.63, 3.8) is 0 Å². The molecule has 0 aromatic heterocycles. The first kappa shape index (κ1) is 25.5. The van der Waals surface area contributed by atoms with Gasteiger partial charge < -0.3 is 19.6 Å². The zero-order chi connectivity index (χ0) is 25.0. The normalized spacial score (nSPS) is 17.8. The van der Waals surface area contributed by atoms with Crippen molar-refractivity contribution in [2.24, 2.45) is 0 Å². The zero-order valence-corrected chi connectivity index (χ0v) is 21.1. The lowest BCUT2D eigenvalue weighted by Crippen LogP contribution is -2.32. The molecule has 3 rings (SSSR count). The second-order valence-electron chi connectivity index (χ2n) is 9.38. The highest BCUT2D eigenvalue weighted by molar-refractivity contribution is 6.46. The van der Waals surface area contributed by atoms with E-state index in [0.717, 1.165) is 24.1 Å². The Balaban J connectivity index is 2.10. The van der Waals surface area contributed by atoms with Crippen molar-refractivity contribution in [3.8, 4) is 5.75 Å². The molecule has 0 spiro atoms. The minimum Gasteiger partial charge on any atom is -0.507 e. The topological polar surface area (TPSA) is 70.1 Å². The van der Waals surface area contributed by atoms with E-state index in [0.29, 0.717) is 30.4 Å². The van der Waals surface area contributed by atoms with Gasteiger partial charge in [0.1, 0.15) is 11.5 Å². The summed E-state index contributed by atoms with van der Waals surface area (Å²) >= 11 is 0. The first-order chi connectivity index (χ1) is 16.1. The summed E-state index contributed by atoms with van der Waals surface area (Å²) in [6.45, 7) is 9.77. The van der Waals surface area contributed by atoms with E-state index in [1.54, 1.807) is 17.0 Å². The molecule has 1 fully saturated rings. The Morgan fingerprint density at radius 1 is 1.12 bits per heavy atom. The number of Topliss-reactive ketones (excluding diaryl/α,β-unsaturated/α-hetero) is 1. The summed E-state index contributed by atoms with van der Waals surface area (Å²) in [5, 5.41) is 11.3. The van der Waals surface area contributed by atoms with Gasteiger partial charge in [-0.25, -0.2) is 0 Å². The number of hydrogen-bond donors (Lipinski definition) is 1. The largest absolute Gasteiger partial charge is 0.507 e. The van der Waals surface area contributed by atoms with Crippen molar-refractivity contribution >= 4 is 17.4 Å². The van der Waals surface area contributed by atoms with E-state index in [-0.39, 0.29) is 11.3 Å². The third kappa shape index (κ3) is 5.33. The van der Waals surface area contributed by atoms with Gasteiger partial charge in [-0.05, 0) is 81.7 Å². The van der Waals surface area contributed by atoms with Gasteiger partial charge in [0.05, 0.1) is 18.2 Å². The van der Waals surface area contributed by atoms with E-state index < -0.39 is 17.7 Å². The highest BCUT2D eigenvalue weighted by atomic mass is 16.5. The Labute approximate surface area is 202 Å². The monoisotopic (exact) mass is 464 g/mol. The number of aliphatic hydroxyl groups excluding tert-OH is 1. The Kier molecular flexibility index (Phi) is 8.15. The molecule has 2 aromatic carbocycles. The number of aryl methyl sites for hydroxylation is 1. The van der Waals surface area contributed by atoms with Gasteiger partial charge in [0.15, 0.2) is 0 Å². The smallest absolute Gasteiger partial charge is 0.295 e. The summed E-state index contributed by atoms with van der Waals surface area (Å²) in [6.07, 6.45) is 0.725. The van der Waals surface area contributed by atoms with E-state index in [4.69, 9.17) is 4.74 Å². The zero-order valence-electron chi connectivity index (χ0n) is 21.1. The molecule has 0 bridgehead atoms. The average molecular weight is 465 g/mol. The van der Waals surface area contributed by atoms with Crippen molar-refractivity contribution in [3.05, 3.63) is 70.3 Å². The minimum atomic E-state index is -0.645. The summed E-state index contributed by atoms with van der Waals surface area (Å²) in [6, 6.07) is 12.7. The van der Waals surface area contributed by atoms with Crippen LogP contribution in [0.1, 0.15) is 61.4 Å². The number of benzene rings is 2. The second kappa shape index (κ2) is 10.9. The lowest BCUT2D eigenvalue weighted by molar-refractivity contribution is -0.139. The van der Waals surface area contributed by atoms with Crippen molar-refractivity contribution in [1.82, 2.24) is 9.80 Å². The van der Waals surface area contributed by atoms with Gasteiger partial charge >= 0.3 is 0 Å². The number of ketones is 1. The summed E-state index contributed by atoms with van der Waals surface area (Å²) in [5.74, 6) is -0.295. The third-order valence-electron chi connectivity index (χ3n) is 6.23. The van der Waals surface area contributed by atoms with Gasteiger partial charge in [-0.1, -0.05) is 38.1 Å². The molecular weight excluding hydrogens is 428 g/mol. The lowest BCUT2D eigenvalue weighted by Gasteiger charge is -2.26. The molecule has 34 heavy (non-hydrogen) atoms. The van der Waals surface area contributed by atoms with Gasteiger partial charge in [0.2, 0.25) is 0 Å². The Morgan fingerprint density at radius 3 is 2.35 bits per heavy atom. The van der Waals surface area contributed by atoms with Crippen LogP contribution in [0.2, 0.25) is 0 Å². The van der Waals surface area contributed by atoms with Crippen LogP contribution in [-0.2, 0) is 9.59 Å². The molecule has 182 valence electrons. The van der Waals surface area contributed by atoms with Crippen molar-refractivity contribution in [2.75, 3.05) is 33.8 Å². The number of amides is 1. The molecule has 6 heteroatoms. The number of hydrogen-bond acceptors (Lipinski definition) is 5. The predicted molar refractivity (Wildman–Crippen MR) is 135 cm³/mol. The number of ether oxygens (including phenoxy) is 1. The molecule has 1 heterocycles. The van der Waals surface area contributed by atoms with Crippen LogP contribution in [-0.4, -0.2) is 60.4 Å². The highest BCUT2D eigenvalue weighted by Crippen LogP contribution is 2.40. The molecule has 0 aliphatic carbocycles. The minimum absolute atomic E-state index is 0.138. The molecule has 1 aliphatic heterocycles. The van der Waals surface area contributed by atoms with E-state index >= 15 is 0 Å². The quantitative estimate of drug-likeness (QED) is 0.325. The summed E-state index contributed by atoms with van der Waals surface area (Å²) < 4.78 is 5.56. The van der Waals surface area contributed by atoms with Gasteiger partial charge in [-0.3, -0.25) is 9.59 Å². The number of carbonyl (C=O) groups is 2. The van der Waals surface area contributed by atoms with Crippen LogP contribution < -0.4 is 4.74 Å². The van der Waals surface area contributed by atoms with Crippen molar-refractivity contribution in [2.45, 2.75) is 46.1 Å². The fourth-order valence-electron chi connectivity index (χ4n) is 4.38. The standard InChI is InChI=1S/C28H36N2O4/c1-7-34-22-13-14-23(19(4)17-22)26(31)24-25(21-11-9-20(10-12-21)18(2)3)30(28(33)27(24)32)16-8-15-29(5)6/h9-14,17-18,25,31H,7-8,15-16H2,1-6H3/t25-/m1/s1. The number of carbonyl (C=O) groups excluding carboxylic acids is 2. The van der Waals surface area contributed by atoms with Crippen LogP contribution in [0, 0.1) is 6.92 Å². The maximum Gasteiger partial charge on any atom is 0.295 e. The van der Waals surface area contributed by atoms with Gasteiger partial charge in [0, 0.05) is 12.1 Å². The van der Waals surface area contributed by atoms with Crippen molar-refractivity contribution < 1.29 is 19.4 Å². The van der Waals surface area contributed by atoms with Crippen LogP contribution in [0.5, 0.6) is 5.75 Å². The van der Waals surface area contributed by atoms with Crippen LogP contribution in [0.25, 0.3) is 5.76 Å². The molecule has 1 atom stereocenters. The summed E-state index contributed by atoms with van der Waals surface area (Å²) in [5.41, 5.74) is 3.43. The Bertz CT molecular complexity index is 1070. The van der Waals surface area contributed by atoms with Gasteiger partial charge in [0.25, 0.3) is 11.7 Å². The summed E-state index contributed by atoms with van der Waals surface area (Å²) in [7, 11) is 3.95. The molecular formula is C28H36N2O4. The van der Waals surface area contributed by atoms with E-state index in [2.05, 4.69) is 13.8 Å². The summed E-state index contributed by atoms with van der Waals surface area (Å²) in [4.78, 5) is 30.0. The second-order valence-corrected chi connectivity index (χ2v) is 9.38. The third-order valence-corrected chi connectivity index (χ3v) is 6.23. The molecule has 0 radical (unpaired) electrons. The fraction of sp³-hybridized carbons (Fsp3) is 0.429. The number of aliphatic hydroxyl groups is 1. The number of nitrogens with zero attached hydrogens (tertiary/aromatic N) is 2. The molecule has 1 amide bonds. The molecule has 0 saturated carbocycles. The maximum atomic E-state index is 13.2. The maximum absolute atomic E-state index is 13.2. The fourth-order valence-corrected chi connectivity index (χ4v) is 4.38. The Hall–Kier alpha value is -3.12. The van der Waals surface area contributed by atoms with Crippen molar-refractivity contribution in [1.29, 1.82) is 0 Å². The lowest BCUT2D eigenvalue weighted by atomic mass is 9.92. The van der Waals surface area contributed by atoms with E-state index in [1.807, 2.05) is 63.2 Å². The SMILES string of the molecule is CCOc1ccc(C(O)=C2C(=O)C(=O)N(CCCN(C)C)[C@@H]2c2ccc(C(C)C)cc2)c(C)c1. The number of rotatable bonds is 9. The Morgan fingerprint density at radius 2 is 1.79 bits per heavy atom. The first-order valence-electron chi connectivity index (χ1n) is 11.9. The molecule has 1 saturated heterocycles. The average Bonchev–Trinajstić information content (AvgIpc) is 3.04. The molecule has 1 N–H and O–H groups in total. The van der Waals surface area contributed by atoms with Crippen LogP contribution in [0.3, 0.4) is 0 Å². The number of likely N-dealkylation sites (tertiary alicyclic amines) is 1. The van der Waals surface area contributed by atoms with Gasteiger partial charge in [-0.15, -0.1) is 0 Å². The highest BCUT2D eigenvalue weighted by Gasteiger charge is 2.45. The van der Waals surface area contributed by atoms with Gasteiger partial charge in [-0.2, -0.15) is 0 Å². The van der Waals surface area contributed by atoms with Crippen LogP contribution in [0.4, 0.5) is 0 Å².